The van der Waals surface area contributed by atoms with E-state index in [-0.39, 0.29) is 30.0 Å². The van der Waals surface area contributed by atoms with E-state index in [4.69, 9.17) is 10.00 Å². The van der Waals surface area contributed by atoms with E-state index in [9.17, 15) is 4.79 Å². The molecule has 1 aliphatic heterocycles. The normalized spacial score (nSPS) is 38.3. The average molecular weight is 182 g/mol. The van der Waals surface area contributed by atoms with Gasteiger partial charge in [-0.25, -0.2) is 0 Å². The molecule has 4 nitrogen and oxygen atoms in total. The van der Waals surface area contributed by atoms with Gasteiger partial charge in [-0.3, -0.25) is 10.1 Å². The fraction of sp³-hybridized carbons (Fsp3) is 0.778. The molecule has 0 bridgehead atoms. The van der Waals surface area contributed by atoms with Gasteiger partial charge in [0, 0.05) is 0 Å². The molecule has 1 fully saturated rings. The summed E-state index contributed by atoms with van der Waals surface area (Å²) in [6.07, 6.45) is 1.63. The quantitative estimate of drug-likeness (QED) is 0.478. The first-order valence-electron chi connectivity index (χ1n) is 4.42. The average Bonchev–Trinajstić information content (AvgIpc) is 2.27. The second kappa shape index (κ2) is 3.75. The number of ether oxygens (including phenoxy) is 1. The fourth-order valence-corrected chi connectivity index (χ4v) is 1.86. The zero-order chi connectivity index (χ0) is 10.0. The first-order valence-corrected chi connectivity index (χ1v) is 4.42. The molecule has 0 radical (unpaired) electrons. The van der Waals surface area contributed by atoms with E-state index in [1.807, 2.05) is 20.8 Å². The first kappa shape index (κ1) is 10.0. The molecule has 4 heteroatoms. The summed E-state index contributed by atoms with van der Waals surface area (Å²) in [6, 6.07) is 0. The van der Waals surface area contributed by atoms with Crippen LogP contribution in [0.1, 0.15) is 20.8 Å². The van der Waals surface area contributed by atoms with Crippen molar-refractivity contribution in [2.45, 2.75) is 33.0 Å². The lowest BCUT2D eigenvalue weighted by molar-refractivity contribution is -0.126. The summed E-state index contributed by atoms with van der Waals surface area (Å²) in [5.41, 5.74) is 0. The van der Waals surface area contributed by atoms with Crippen molar-refractivity contribution in [1.82, 2.24) is 5.32 Å². The summed E-state index contributed by atoms with van der Waals surface area (Å²) < 4.78 is 5.48. The molecule has 72 valence electrons. The molecule has 1 amide bonds. The van der Waals surface area contributed by atoms with Gasteiger partial charge in [-0.1, -0.05) is 6.92 Å². The maximum atomic E-state index is 11.4. The van der Waals surface area contributed by atoms with Crippen LogP contribution in [0.2, 0.25) is 0 Å². The van der Waals surface area contributed by atoms with Gasteiger partial charge < -0.3 is 4.74 Å². The summed E-state index contributed by atoms with van der Waals surface area (Å²) in [4.78, 5) is 11.4. The van der Waals surface area contributed by atoms with Crippen LogP contribution in [0.4, 0.5) is 0 Å². The maximum absolute atomic E-state index is 11.4. The largest absolute Gasteiger partial charge is 0.374 e. The summed E-state index contributed by atoms with van der Waals surface area (Å²) in [5.74, 6) is -0.259. The number of hydrogen-bond acceptors (Lipinski definition) is 3. The number of nitrogens with one attached hydrogen (secondary N) is 1. The van der Waals surface area contributed by atoms with Crippen LogP contribution in [-0.4, -0.2) is 18.1 Å². The van der Waals surface area contributed by atoms with Crippen LogP contribution in [0.25, 0.3) is 0 Å². The fourth-order valence-electron chi connectivity index (χ4n) is 1.86. The highest BCUT2D eigenvalue weighted by Crippen LogP contribution is 2.31. The lowest BCUT2D eigenvalue weighted by Gasteiger charge is -2.14. The van der Waals surface area contributed by atoms with Crippen molar-refractivity contribution in [3.05, 3.63) is 0 Å². The zero-order valence-corrected chi connectivity index (χ0v) is 8.07. The summed E-state index contributed by atoms with van der Waals surface area (Å²) in [7, 11) is 0. The van der Waals surface area contributed by atoms with Gasteiger partial charge in [0.1, 0.15) is 0 Å². The van der Waals surface area contributed by atoms with Crippen LogP contribution in [0.15, 0.2) is 0 Å². The van der Waals surface area contributed by atoms with E-state index < -0.39 is 0 Å². The Kier molecular flexibility index (Phi) is 2.89. The summed E-state index contributed by atoms with van der Waals surface area (Å²) >= 11 is 0. The van der Waals surface area contributed by atoms with Crippen LogP contribution in [0.5, 0.6) is 0 Å². The Morgan fingerprint density at radius 2 is 2.00 bits per heavy atom. The van der Waals surface area contributed by atoms with Crippen molar-refractivity contribution in [2.75, 3.05) is 0 Å². The van der Waals surface area contributed by atoms with E-state index >= 15 is 0 Å². The molecular formula is C9H14N2O2. The molecule has 1 heterocycles. The van der Waals surface area contributed by atoms with Gasteiger partial charge in [-0.2, -0.15) is 5.26 Å². The SMILES string of the molecule is CC1OC(C)C(C(=O)NC#N)C1C. The molecule has 0 aliphatic carbocycles. The second-order valence-corrected chi connectivity index (χ2v) is 3.53. The highest BCUT2D eigenvalue weighted by atomic mass is 16.5. The van der Waals surface area contributed by atoms with Crippen molar-refractivity contribution >= 4 is 5.91 Å². The molecule has 4 atom stereocenters. The third-order valence-corrected chi connectivity index (χ3v) is 2.72. The van der Waals surface area contributed by atoms with Crippen LogP contribution in [0, 0.1) is 23.3 Å². The van der Waals surface area contributed by atoms with Gasteiger partial charge in [0.15, 0.2) is 6.19 Å². The Balaban J connectivity index is 2.69. The van der Waals surface area contributed by atoms with Gasteiger partial charge in [0.25, 0.3) is 0 Å². The lowest BCUT2D eigenvalue weighted by atomic mass is 9.89. The number of carbonyl (C=O) groups excluding carboxylic acids is 1. The molecule has 0 aromatic rings. The third kappa shape index (κ3) is 1.81. The van der Waals surface area contributed by atoms with E-state index in [2.05, 4.69) is 5.32 Å². The maximum Gasteiger partial charge on any atom is 0.239 e. The van der Waals surface area contributed by atoms with Crippen LogP contribution < -0.4 is 5.32 Å². The Bertz CT molecular complexity index is 246. The Morgan fingerprint density at radius 1 is 1.38 bits per heavy atom. The topological polar surface area (TPSA) is 62.1 Å². The van der Waals surface area contributed by atoms with Crippen LogP contribution >= 0.6 is 0 Å². The van der Waals surface area contributed by atoms with Gasteiger partial charge in [-0.05, 0) is 19.8 Å². The molecule has 1 aliphatic rings. The van der Waals surface area contributed by atoms with Crippen molar-refractivity contribution in [3.63, 3.8) is 0 Å². The molecule has 0 aromatic heterocycles. The highest BCUT2D eigenvalue weighted by Gasteiger charge is 2.41. The van der Waals surface area contributed by atoms with Gasteiger partial charge in [0.05, 0.1) is 18.1 Å². The van der Waals surface area contributed by atoms with Crippen molar-refractivity contribution in [3.8, 4) is 6.19 Å². The van der Waals surface area contributed by atoms with Gasteiger partial charge >= 0.3 is 0 Å². The van der Waals surface area contributed by atoms with E-state index in [1.165, 1.54) is 0 Å². The molecule has 1 saturated heterocycles. The number of nitriles is 1. The monoisotopic (exact) mass is 182 g/mol. The predicted octanol–water partition coefficient (Wildman–Crippen LogP) is 0.643. The Labute approximate surface area is 77.9 Å². The minimum Gasteiger partial charge on any atom is -0.374 e. The van der Waals surface area contributed by atoms with Crippen molar-refractivity contribution in [2.24, 2.45) is 11.8 Å². The van der Waals surface area contributed by atoms with Crippen LogP contribution in [0.3, 0.4) is 0 Å². The Hall–Kier alpha value is -1.08. The minimum absolute atomic E-state index is 0.0874. The van der Waals surface area contributed by atoms with Gasteiger partial charge in [-0.15, -0.1) is 0 Å². The summed E-state index contributed by atoms with van der Waals surface area (Å²) in [5, 5.41) is 10.5. The molecule has 4 unspecified atom stereocenters. The smallest absolute Gasteiger partial charge is 0.239 e. The van der Waals surface area contributed by atoms with E-state index in [0.29, 0.717) is 0 Å². The lowest BCUT2D eigenvalue weighted by Crippen LogP contribution is -2.34. The molecule has 0 spiro atoms. The minimum atomic E-state index is -0.230. The zero-order valence-electron chi connectivity index (χ0n) is 8.07. The molecule has 1 N–H and O–H groups in total. The molecule has 13 heavy (non-hydrogen) atoms. The molecule has 1 rings (SSSR count). The van der Waals surface area contributed by atoms with E-state index in [1.54, 1.807) is 6.19 Å². The van der Waals surface area contributed by atoms with E-state index in [0.717, 1.165) is 0 Å². The number of carbonyl (C=O) groups is 1. The Morgan fingerprint density at radius 3 is 2.38 bits per heavy atom. The number of hydrogen-bond donors (Lipinski definition) is 1. The molecule has 0 saturated carbocycles. The molecule has 0 aromatic carbocycles. The van der Waals surface area contributed by atoms with Crippen LogP contribution in [-0.2, 0) is 9.53 Å². The number of nitrogens with zero attached hydrogens (tertiary/aromatic N) is 1. The number of rotatable bonds is 1. The first-order chi connectivity index (χ1) is 6.07. The standard InChI is InChI=1S/C9H14N2O2/c1-5-6(2)13-7(3)8(5)9(12)11-4-10/h5-8H,1-3H3,(H,11,12). The highest BCUT2D eigenvalue weighted by molar-refractivity contribution is 5.81. The van der Waals surface area contributed by atoms with Gasteiger partial charge in [0.2, 0.25) is 5.91 Å². The number of amides is 1. The molecular weight excluding hydrogens is 168 g/mol. The summed E-state index contributed by atoms with van der Waals surface area (Å²) in [6.45, 7) is 5.78. The van der Waals surface area contributed by atoms with Crippen molar-refractivity contribution < 1.29 is 9.53 Å². The predicted molar refractivity (Wildman–Crippen MR) is 46.4 cm³/mol. The second-order valence-electron chi connectivity index (χ2n) is 3.53. The third-order valence-electron chi connectivity index (χ3n) is 2.72. The van der Waals surface area contributed by atoms with Crippen molar-refractivity contribution in [1.29, 1.82) is 5.26 Å².